The highest BCUT2D eigenvalue weighted by atomic mass is 16.5. The van der Waals surface area contributed by atoms with Crippen molar-refractivity contribution < 1.29 is 14.3 Å². The lowest BCUT2D eigenvalue weighted by Crippen LogP contribution is -2.31. The van der Waals surface area contributed by atoms with Crippen molar-refractivity contribution in [3.63, 3.8) is 0 Å². The SMILES string of the molecule is CCOc1ccccc1[C@H]1C(C(=O)Nc2cccnc2)=C(C)Nc2nc(-c3ccccc3OC)nn21. The van der Waals surface area contributed by atoms with Crippen LogP contribution in [0, 0.1) is 0 Å². The smallest absolute Gasteiger partial charge is 0.255 e. The summed E-state index contributed by atoms with van der Waals surface area (Å²) in [5, 5.41) is 11.1. The number of nitrogens with one attached hydrogen (secondary N) is 2. The number of fused-ring (bicyclic) bond motifs is 1. The summed E-state index contributed by atoms with van der Waals surface area (Å²) in [6, 6.07) is 18.2. The fourth-order valence-corrected chi connectivity index (χ4v) is 4.30. The van der Waals surface area contributed by atoms with E-state index in [4.69, 9.17) is 19.6 Å². The number of hydrogen-bond acceptors (Lipinski definition) is 7. The van der Waals surface area contributed by atoms with Gasteiger partial charge in [-0.05, 0) is 44.2 Å². The van der Waals surface area contributed by atoms with Crippen LogP contribution in [-0.2, 0) is 4.79 Å². The van der Waals surface area contributed by atoms with Crippen LogP contribution in [-0.4, -0.2) is 39.4 Å². The molecule has 9 heteroatoms. The van der Waals surface area contributed by atoms with Crippen LogP contribution >= 0.6 is 0 Å². The number of nitrogens with zero attached hydrogens (tertiary/aromatic N) is 4. The molecule has 0 saturated heterocycles. The molecule has 1 amide bonds. The Bertz CT molecular complexity index is 1430. The highest BCUT2D eigenvalue weighted by molar-refractivity contribution is 6.06. The number of para-hydroxylation sites is 2. The molecule has 0 bridgehead atoms. The molecule has 1 aliphatic rings. The van der Waals surface area contributed by atoms with Gasteiger partial charge in [0.25, 0.3) is 5.91 Å². The summed E-state index contributed by atoms with van der Waals surface area (Å²) in [6.07, 6.45) is 3.26. The van der Waals surface area contributed by atoms with Crippen molar-refractivity contribution in [3.8, 4) is 22.9 Å². The van der Waals surface area contributed by atoms with E-state index in [-0.39, 0.29) is 5.91 Å². The van der Waals surface area contributed by atoms with Crippen LogP contribution in [0.2, 0.25) is 0 Å². The van der Waals surface area contributed by atoms with E-state index in [0.717, 1.165) is 11.1 Å². The fraction of sp³-hybridized carbons (Fsp3) is 0.185. The minimum atomic E-state index is -0.586. The Morgan fingerprint density at radius 1 is 1.08 bits per heavy atom. The number of carbonyl (C=O) groups excluding carboxylic acids is 1. The van der Waals surface area contributed by atoms with E-state index in [1.165, 1.54) is 0 Å². The van der Waals surface area contributed by atoms with Gasteiger partial charge in [0.2, 0.25) is 5.95 Å². The molecule has 3 heterocycles. The second kappa shape index (κ2) is 9.91. The van der Waals surface area contributed by atoms with Crippen LogP contribution in [0.5, 0.6) is 11.5 Å². The second-order valence-corrected chi connectivity index (χ2v) is 8.14. The Morgan fingerprint density at radius 2 is 1.86 bits per heavy atom. The molecule has 0 spiro atoms. The number of allylic oxidation sites excluding steroid dienone is 1. The highest BCUT2D eigenvalue weighted by Crippen LogP contribution is 2.41. The number of aromatic nitrogens is 4. The third-order valence-electron chi connectivity index (χ3n) is 5.88. The Morgan fingerprint density at radius 3 is 2.61 bits per heavy atom. The maximum atomic E-state index is 13.7. The predicted octanol–water partition coefficient (Wildman–Crippen LogP) is 4.68. The standard InChI is InChI=1S/C27H26N6O3/c1-4-36-22-14-8-5-11-19(22)24-23(26(34)30-18-10-9-15-28-16-18)17(2)29-27-31-25(32-33(24)27)20-12-6-7-13-21(20)35-3/h5-16,24H,4H2,1-3H3,(H,30,34)(H,29,31,32)/t24-/m0/s1. The van der Waals surface area contributed by atoms with Crippen molar-refractivity contribution in [1.29, 1.82) is 0 Å². The minimum Gasteiger partial charge on any atom is -0.496 e. The summed E-state index contributed by atoms with van der Waals surface area (Å²) in [6.45, 7) is 4.27. The van der Waals surface area contributed by atoms with Crippen LogP contribution in [0.4, 0.5) is 11.6 Å². The van der Waals surface area contributed by atoms with Gasteiger partial charge in [-0.1, -0.05) is 30.3 Å². The normalized spacial score (nSPS) is 14.6. The molecule has 182 valence electrons. The zero-order valence-corrected chi connectivity index (χ0v) is 20.2. The summed E-state index contributed by atoms with van der Waals surface area (Å²) < 4.78 is 13.2. The average molecular weight is 483 g/mol. The maximum absolute atomic E-state index is 13.7. The first-order chi connectivity index (χ1) is 17.6. The molecule has 5 rings (SSSR count). The van der Waals surface area contributed by atoms with Gasteiger partial charge >= 0.3 is 0 Å². The van der Waals surface area contributed by atoms with Crippen molar-refractivity contribution >= 4 is 17.5 Å². The van der Waals surface area contributed by atoms with Crippen molar-refractivity contribution in [3.05, 3.63) is 89.9 Å². The van der Waals surface area contributed by atoms with Crippen molar-refractivity contribution in [2.45, 2.75) is 19.9 Å². The van der Waals surface area contributed by atoms with Crippen molar-refractivity contribution in [2.75, 3.05) is 24.4 Å². The third kappa shape index (κ3) is 4.26. The first-order valence-electron chi connectivity index (χ1n) is 11.6. The monoisotopic (exact) mass is 482 g/mol. The van der Waals surface area contributed by atoms with Gasteiger partial charge < -0.3 is 20.1 Å². The molecule has 0 radical (unpaired) electrons. The highest BCUT2D eigenvalue weighted by Gasteiger charge is 2.36. The van der Waals surface area contributed by atoms with E-state index in [9.17, 15) is 4.79 Å². The Kier molecular flexibility index (Phi) is 6.36. The van der Waals surface area contributed by atoms with Crippen molar-refractivity contribution in [2.24, 2.45) is 0 Å². The minimum absolute atomic E-state index is 0.274. The van der Waals surface area contributed by atoms with Crippen LogP contribution in [0.1, 0.15) is 25.5 Å². The zero-order valence-electron chi connectivity index (χ0n) is 20.2. The van der Waals surface area contributed by atoms with Crippen LogP contribution in [0.25, 0.3) is 11.4 Å². The molecule has 2 N–H and O–H groups in total. The number of methoxy groups -OCH3 is 1. The molecule has 0 unspecified atom stereocenters. The molecule has 2 aromatic heterocycles. The number of anilines is 2. The molecule has 9 nitrogen and oxygen atoms in total. The lowest BCUT2D eigenvalue weighted by atomic mass is 9.94. The number of hydrogen-bond donors (Lipinski definition) is 2. The van der Waals surface area contributed by atoms with E-state index in [2.05, 4.69) is 15.6 Å². The quantitative estimate of drug-likeness (QED) is 0.394. The summed E-state index contributed by atoms with van der Waals surface area (Å²) in [7, 11) is 1.61. The summed E-state index contributed by atoms with van der Waals surface area (Å²) >= 11 is 0. The van der Waals surface area contributed by atoms with Crippen LogP contribution in [0.15, 0.2) is 84.3 Å². The van der Waals surface area contributed by atoms with Gasteiger partial charge in [-0.25, -0.2) is 4.68 Å². The van der Waals surface area contributed by atoms with Crippen LogP contribution < -0.4 is 20.1 Å². The molecule has 0 saturated carbocycles. The number of pyridine rings is 1. The maximum Gasteiger partial charge on any atom is 0.255 e. The summed E-state index contributed by atoms with van der Waals surface area (Å²) in [5.41, 5.74) is 3.31. The van der Waals surface area contributed by atoms with Gasteiger partial charge in [-0.2, -0.15) is 4.98 Å². The van der Waals surface area contributed by atoms with E-state index in [1.807, 2.05) is 62.4 Å². The predicted molar refractivity (Wildman–Crippen MR) is 137 cm³/mol. The third-order valence-corrected chi connectivity index (χ3v) is 5.88. The van der Waals surface area contributed by atoms with Crippen molar-refractivity contribution in [1.82, 2.24) is 19.7 Å². The summed E-state index contributed by atoms with van der Waals surface area (Å²) in [4.78, 5) is 22.5. The zero-order chi connectivity index (χ0) is 25.1. The topological polar surface area (TPSA) is 103 Å². The van der Waals surface area contributed by atoms with Gasteiger partial charge in [-0.15, -0.1) is 5.10 Å². The average Bonchev–Trinajstić information content (AvgIpc) is 3.32. The molecule has 2 aromatic carbocycles. The molecule has 1 aliphatic heterocycles. The summed E-state index contributed by atoms with van der Waals surface area (Å²) in [5.74, 6) is 2.06. The molecule has 36 heavy (non-hydrogen) atoms. The number of rotatable bonds is 7. The second-order valence-electron chi connectivity index (χ2n) is 8.14. The van der Waals surface area contributed by atoms with Gasteiger partial charge in [0, 0.05) is 17.5 Å². The Labute approximate surface area is 208 Å². The fourth-order valence-electron chi connectivity index (χ4n) is 4.30. The van der Waals surface area contributed by atoms with Gasteiger partial charge in [0.1, 0.15) is 17.5 Å². The van der Waals surface area contributed by atoms with Gasteiger partial charge in [0.15, 0.2) is 5.82 Å². The Balaban J connectivity index is 1.65. The van der Waals surface area contributed by atoms with E-state index >= 15 is 0 Å². The van der Waals surface area contributed by atoms with Crippen LogP contribution in [0.3, 0.4) is 0 Å². The molecule has 4 aromatic rings. The first kappa shape index (κ1) is 23.1. The molecule has 0 fully saturated rings. The lowest BCUT2D eigenvalue weighted by Gasteiger charge is -2.29. The number of ether oxygens (including phenoxy) is 2. The van der Waals surface area contributed by atoms with E-state index < -0.39 is 6.04 Å². The number of carbonyl (C=O) groups is 1. The Hall–Kier alpha value is -4.66. The lowest BCUT2D eigenvalue weighted by molar-refractivity contribution is -0.113. The first-order valence-corrected chi connectivity index (χ1v) is 11.6. The number of amides is 1. The van der Waals surface area contributed by atoms with E-state index in [1.54, 1.807) is 36.3 Å². The number of benzene rings is 2. The molecular weight excluding hydrogens is 456 g/mol. The van der Waals surface area contributed by atoms with E-state index in [0.29, 0.717) is 46.8 Å². The molecular formula is C27H26N6O3. The van der Waals surface area contributed by atoms with Gasteiger partial charge in [0.05, 0.1) is 36.7 Å². The van der Waals surface area contributed by atoms with Gasteiger partial charge in [-0.3, -0.25) is 9.78 Å². The molecule has 0 aliphatic carbocycles. The largest absolute Gasteiger partial charge is 0.496 e. The molecule has 1 atom stereocenters.